The summed E-state index contributed by atoms with van der Waals surface area (Å²) in [5.74, 6) is 1.44. The van der Waals surface area contributed by atoms with Gasteiger partial charge in [0, 0.05) is 51.9 Å². The average Bonchev–Trinajstić information content (AvgIpc) is 3.03. The molecule has 0 unspecified atom stereocenters. The summed E-state index contributed by atoms with van der Waals surface area (Å²) in [7, 11) is 1.66. The van der Waals surface area contributed by atoms with Crippen molar-refractivity contribution in [3.8, 4) is 11.5 Å². The maximum absolute atomic E-state index is 12.2. The van der Waals surface area contributed by atoms with Gasteiger partial charge in [-0.3, -0.25) is 9.69 Å². The molecule has 36 heavy (non-hydrogen) atoms. The first kappa shape index (κ1) is 26.3. The minimum atomic E-state index is -1.24. The van der Waals surface area contributed by atoms with Crippen LogP contribution in [0.5, 0.6) is 11.5 Å². The van der Waals surface area contributed by atoms with Crippen molar-refractivity contribution in [3.63, 3.8) is 0 Å². The van der Waals surface area contributed by atoms with Crippen molar-refractivity contribution in [1.82, 2.24) is 9.80 Å². The highest BCUT2D eigenvalue weighted by molar-refractivity contribution is 5.73. The van der Waals surface area contributed by atoms with Crippen LogP contribution in [-0.4, -0.2) is 96.7 Å². The van der Waals surface area contributed by atoms with Crippen LogP contribution in [0, 0.1) is 6.92 Å². The molecule has 196 valence electrons. The van der Waals surface area contributed by atoms with Gasteiger partial charge in [-0.05, 0) is 56.2 Å². The lowest BCUT2D eigenvalue weighted by molar-refractivity contribution is -0.132. The number of aryl methyl sites for hydroxylation is 1. The van der Waals surface area contributed by atoms with Crippen LogP contribution in [0.15, 0.2) is 48.5 Å². The number of β-amino-alcohol motifs (C(OH)–C–C–N with tert-alkyl or cyclic N) is 2. The molecule has 2 aliphatic rings. The first-order chi connectivity index (χ1) is 17.2. The predicted octanol–water partition coefficient (Wildman–Crippen LogP) is 2.31. The Morgan fingerprint density at radius 2 is 1.53 bits per heavy atom. The summed E-state index contributed by atoms with van der Waals surface area (Å²) in [6.07, 6.45) is 1.26. The molecule has 8 nitrogen and oxygen atoms in total. The molecule has 0 radical (unpaired) electrons. The summed E-state index contributed by atoms with van der Waals surface area (Å²) in [6, 6.07) is 15.7. The monoisotopic (exact) mass is 497 g/mol. The fourth-order valence-corrected chi connectivity index (χ4v) is 5.14. The molecule has 2 aliphatic heterocycles. The van der Waals surface area contributed by atoms with E-state index in [4.69, 9.17) is 9.47 Å². The van der Waals surface area contributed by atoms with Crippen molar-refractivity contribution >= 4 is 11.6 Å². The fraction of sp³-hybridized carbons (Fsp3) is 0.536. The van der Waals surface area contributed by atoms with Gasteiger partial charge in [0.1, 0.15) is 23.7 Å². The molecule has 2 fully saturated rings. The van der Waals surface area contributed by atoms with Crippen LogP contribution < -0.4 is 14.4 Å². The number of benzene rings is 2. The third-order valence-corrected chi connectivity index (χ3v) is 7.31. The minimum Gasteiger partial charge on any atom is -0.497 e. The van der Waals surface area contributed by atoms with Crippen LogP contribution >= 0.6 is 0 Å². The predicted molar refractivity (Wildman–Crippen MR) is 140 cm³/mol. The van der Waals surface area contributed by atoms with E-state index in [-0.39, 0.29) is 19.1 Å². The van der Waals surface area contributed by atoms with Crippen LogP contribution in [0.4, 0.5) is 5.69 Å². The highest BCUT2D eigenvalue weighted by atomic mass is 16.5. The Hall–Kier alpha value is -2.81. The Labute approximate surface area is 214 Å². The summed E-state index contributed by atoms with van der Waals surface area (Å²) in [5, 5.41) is 23.0. The van der Waals surface area contributed by atoms with Crippen molar-refractivity contribution in [1.29, 1.82) is 0 Å². The van der Waals surface area contributed by atoms with E-state index in [1.54, 1.807) is 12.0 Å². The van der Waals surface area contributed by atoms with Gasteiger partial charge >= 0.3 is 0 Å². The van der Waals surface area contributed by atoms with Crippen molar-refractivity contribution in [2.24, 2.45) is 0 Å². The summed E-state index contributed by atoms with van der Waals surface area (Å²) in [6.45, 7) is 7.18. The molecular weight excluding hydrogens is 458 g/mol. The van der Waals surface area contributed by atoms with E-state index in [2.05, 4.69) is 9.80 Å². The summed E-state index contributed by atoms with van der Waals surface area (Å²) < 4.78 is 11.2. The zero-order valence-corrected chi connectivity index (χ0v) is 21.7. The number of piperidine rings is 1. The molecule has 0 bridgehead atoms. The lowest BCUT2D eigenvalue weighted by Crippen LogP contribution is -2.55. The number of carbonyl (C=O) groups is 1. The average molecular weight is 498 g/mol. The smallest absolute Gasteiger partial charge is 0.219 e. The number of hydrogen-bond acceptors (Lipinski definition) is 7. The summed E-state index contributed by atoms with van der Waals surface area (Å²) in [4.78, 5) is 18.3. The van der Waals surface area contributed by atoms with Gasteiger partial charge in [-0.25, -0.2) is 0 Å². The first-order valence-electron chi connectivity index (χ1n) is 12.7. The summed E-state index contributed by atoms with van der Waals surface area (Å²) >= 11 is 0. The lowest BCUT2D eigenvalue weighted by Gasteiger charge is -2.42. The summed E-state index contributed by atoms with van der Waals surface area (Å²) in [5.41, 5.74) is 0.156. The van der Waals surface area contributed by atoms with E-state index < -0.39 is 11.2 Å². The van der Waals surface area contributed by atoms with Gasteiger partial charge in [0.15, 0.2) is 0 Å². The van der Waals surface area contributed by atoms with Crippen LogP contribution in [0.3, 0.4) is 0 Å². The fourth-order valence-electron chi connectivity index (χ4n) is 5.14. The van der Waals surface area contributed by atoms with Crippen LogP contribution in [0.2, 0.25) is 0 Å². The Balaban J connectivity index is 1.39. The molecule has 2 N–H and O–H groups in total. The number of hydrogen-bond donors (Lipinski definition) is 2. The van der Waals surface area contributed by atoms with Gasteiger partial charge in [0.05, 0.1) is 19.3 Å². The Kier molecular flexibility index (Phi) is 8.07. The second-order valence-electron chi connectivity index (χ2n) is 10.4. The van der Waals surface area contributed by atoms with Gasteiger partial charge in [-0.2, -0.15) is 0 Å². The number of amides is 1. The lowest BCUT2D eigenvalue weighted by atomic mass is 9.90. The van der Waals surface area contributed by atoms with Gasteiger partial charge in [-0.15, -0.1) is 0 Å². The van der Waals surface area contributed by atoms with E-state index in [9.17, 15) is 15.0 Å². The molecule has 0 aromatic heterocycles. The molecule has 0 aliphatic carbocycles. The zero-order valence-electron chi connectivity index (χ0n) is 21.7. The molecule has 4 rings (SSSR count). The molecule has 8 heteroatoms. The molecule has 2 aromatic rings. The van der Waals surface area contributed by atoms with Crippen LogP contribution in [0.1, 0.15) is 25.3 Å². The molecular formula is C28H39N3O5. The maximum Gasteiger partial charge on any atom is 0.219 e. The topological polar surface area (TPSA) is 85.7 Å². The number of carbonyl (C=O) groups excluding carboxylic acids is 1. The van der Waals surface area contributed by atoms with Crippen LogP contribution in [-0.2, 0) is 4.79 Å². The second kappa shape index (κ2) is 11.1. The number of nitrogens with zero attached hydrogens (tertiary/aromatic N) is 3. The SMILES string of the molecule is COc1ccc(N2CCC(O)(CN3CCN(C(C)=O)C[C@@](O)(COc4ccc(C)cc4)C3)CC2)cc1. The van der Waals surface area contributed by atoms with E-state index >= 15 is 0 Å². The Morgan fingerprint density at radius 1 is 0.889 bits per heavy atom. The van der Waals surface area contributed by atoms with E-state index in [0.717, 1.165) is 30.1 Å². The minimum absolute atomic E-state index is 0.0695. The zero-order chi connectivity index (χ0) is 25.8. The number of rotatable bonds is 7. The van der Waals surface area contributed by atoms with E-state index in [1.165, 1.54) is 6.92 Å². The van der Waals surface area contributed by atoms with Crippen LogP contribution in [0.25, 0.3) is 0 Å². The van der Waals surface area contributed by atoms with Crippen molar-refractivity contribution in [2.45, 2.75) is 37.9 Å². The third kappa shape index (κ3) is 6.69. The normalized spacial score (nSPS) is 22.7. The highest BCUT2D eigenvalue weighted by Crippen LogP contribution is 2.29. The third-order valence-electron chi connectivity index (χ3n) is 7.31. The highest BCUT2D eigenvalue weighted by Gasteiger charge is 2.40. The van der Waals surface area contributed by atoms with Gasteiger partial charge < -0.3 is 29.5 Å². The largest absolute Gasteiger partial charge is 0.497 e. The quantitative estimate of drug-likeness (QED) is 0.607. The van der Waals surface area contributed by atoms with Crippen molar-refractivity contribution in [3.05, 3.63) is 54.1 Å². The molecule has 2 aromatic carbocycles. The van der Waals surface area contributed by atoms with Gasteiger partial charge in [-0.1, -0.05) is 17.7 Å². The molecule has 1 amide bonds. The van der Waals surface area contributed by atoms with E-state index in [1.807, 2.05) is 55.5 Å². The van der Waals surface area contributed by atoms with Crippen molar-refractivity contribution < 1.29 is 24.5 Å². The van der Waals surface area contributed by atoms with E-state index in [0.29, 0.717) is 44.8 Å². The molecule has 1 atom stereocenters. The Morgan fingerprint density at radius 3 is 2.14 bits per heavy atom. The number of ether oxygens (including phenoxy) is 2. The van der Waals surface area contributed by atoms with Gasteiger partial charge in [0.25, 0.3) is 0 Å². The first-order valence-corrected chi connectivity index (χ1v) is 12.7. The standard InChI is InChI=1S/C28H39N3O5/c1-22-4-8-26(9-5-22)36-21-28(34)19-29(16-17-31(20-28)23(2)32)18-27(33)12-14-30(15-13-27)24-6-10-25(35-3)11-7-24/h4-11,33-34H,12-21H2,1-3H3/t28-/m1/s1. The molecule has 2 heterocycles. The molecule has 0 saturated carbocycles. The molecule has 0 spiro atoms. The number of aliphatic hydroxyl groups is 2. The second-order valence-corrected chi connectivity index (χ2v) is 10.4. The number of anilines is 1. The maximum atomic E-state index is 12.2. The number of methoxy groups -OCH3 is 1. The van der Waals surface area contributed by atoms with Gasteiger partial charge in [0.2, 0.25) is 5.91 Å². The van der Waals surface area contributed by atoms with Crippen molar-refractivity contribution in [2.75, 3.05) is 64.4 Å². The Bertz CT molecular complexity index is 1000. The molecule has 2 saturated heterocycles.